The molecule has 0 aromatic heterocycles. The largest absolute Gasteiger partial charge is 0.416 e. The van der Waals surface area contributed by atoms with Crippen molar-refractivity contribution in [1.29, 1.82) is 5.26 Å². The van der Waals surface area contributed by atoms with Crippen LogP contribution in [0.1, 0.15) is 36.8 Å². The molecule has 22 heavy (non-hydrogen) atoms. The minimum Gasteiger partial charge on any atom is -0.299 e. The summed E-state index contributed by atoms with van der Waals surface area (Å²) in [5.74, 6) is 0. The molecule has 1 aliphatic rings. The molecule has 1 heterocycles. The van der Waals surface area contributed by atoms with Crippen molar-refractivity contribution >= 4 is 5.57 Å². The molecule has 0 saturated heterocycles. The van der Waals surface area contributed by atoms with Gasteiger partial charge in [-0.3, -0.25) is 4.90 Å². The third-order valence-electron chi connectivity index (χ3n) is 3.87. The first-order chi connectivity index (χ1) is 10.5. The van der Waals surface area contributed by atoms with Gasteiger partial charge in [0.15, 0.2) is 0 Å². The van der Waals surface area contributed by atoms with Gasteiger partial charge in [0.05, 0.1) is 11.6 Å². The summed E-state index contributed by atoms with van der Waals surface area (Å²) in [6, 6.07) is 7.67. The highest BCUT2D eigenvalue weighted by atomic mass is 19.4. The fourth-order valence-corrected chi connectivity index (χ4v) is 2.61. The van der Waals surface area contributed by atoms with Gasteiger partial charge < -0.3 is 0 Å². The van der Waals surface area contributed by atoms with Crippen LogP contribution in [0.2, 0.25) is 0 Å². The highest BCUT2D eigenvalue weighted by Gasteiger charge is 2.30. The number of alkyl halides is 3. The summed E-state index contributed by atoms with van der Waals surface area (Å²) in [7, 11) is 0. The lowest BCUT2D eigenvalue weighted by atomic mass is 9.97. The first-order valence-corrected chi connectivity index (χ1v) is 7.46. The van der Waals surface area contributed by atoms with Gasteiger partial charge in [-0.05, 0) is 49.1 Å². The average molecular weight is 308 g/mol. The van der Waals surface area contributed by atoms with Crippen LogP contribution in [0.25, 0.3) is 5.57 Å². The van der Waals surface area contributed by atoms with E-state index in [9.17, 15) is 13.2 Å². The van der Waals surface area contributed by atoms with Gasteiger partial charge in [-0.15, -0.1) is 0 Å². The lowest BCUT2D eigenvalue weighted by Crippen LogP contribution is -2.29. The zero-order valence-electron chi connectivity index (χ0n) is 12.4. The Morgan fingerprint density at radius 1 is 1.23 bits per heavy atom. The maximum absolute atomic E-state index is 12.7. The lowest BCUT2D eigenvalue weighted by Gasteiger charge is -2.26. The standard InChI is InChI=1S/C17H19F3N2/c18-17(19,20)16-6-4-5-15(13-16)14-7-11-22(12-8-14)10-3-1-2-9-21/h4-7,13H,1-3,8,10-12H2. The summed E-state index contributed by atoms with van der Waals surface area (Å²) in [6.07, 6.45) is 0.956. The number of nitrogens with zero attached hydrogens (tertiary/aromatic N) is 2. The van der Waals surface area contributed by atoms with E-state index in [0.717, 1.165) is 50.5 Å². The molecular weight excluding hydrogens is 289 g/mol. The van der Waals surface area contributed by atoms with Crippen LogP contribution in [-0.4, -0.2) is 24.5 Å². The summed E-state index contributed by atoms with van der Waals surface area (Å²) in [6.45, 7) is 2.56. The molecule has 0 saturated carbocycles. The average Bonchev–Trinajstić information content (AvgIpc) is 2.51. The number of rotatable bonds is 5. The highest BCUT2D eigenvalue weighted by Crippen LogP contribution is 2.32. The van der Waals surface area contributed by atoms with Crippen LogP contribution in [0.5, 0.6) is 0 Å². The van der Waals surface area contributed by atoms with E-state index in [1.54, 1.807) is 6.07 Å². The van der Waals surface area contributed by atoms with Crippen LogP contribution in [0.4, 0.5) is 13.2 Å². The molecule has 5 heteroatoms. The molecule has 1 aromatic rings. The topological polar surface area (TPSA) is 27.0 Å². The van der Waals surface area contributed by atoms with Crippen molar-refractivity contribution in [1.82, 2.24) is 4.90 Å². The molecule has 0 radical (unpaired) electrons. The van der Waals surface area contributed by atoms with E-state index < -0.39 is 11.7 Å². The number of unbranched alkanes of at least 4 members (excludes halogenated alkanes) is 2. The van der Waals surface area contributed by atoms with Crippen LogP contribution in [0.3, 0.4) is 0 Å². The Bertz CT molecular complexity index is 570. The Morgan fingerprint density at radius 3 is 2.68 bits per heavy atom. The van der Waals surface area contributed by atoms with Crippen LogP contribution >= 0.6 is 0 Å². The summed E-state index contributed by atoms with van der Waals surface area (Å²) < 4.78 is 38.2. The van der Waals surface area contributed by atoms with Crippen LogP contribution in [0, 0.1) is 11.3 Å². The normalized spacial score (nSPS) is 16.2. The fourth-order valence-electron chi connectivity index (χ4n) is 2.61. The van der Waals surface area contributed by atoms with E-state index in [1.807, 2.05) is 6.08 Å². The first-order valence-electron chi connectivity index (χ1n) is 7.46. The second-order valence-corrected chi connectivity index (χ2v) is 5.47. The Hall–Kier alpha value is -1.80. The number of halogens is 3. The van der Waals surface area contributed by atoms with Crippen molar-refractivity contribution in [3.05, 3.63) is 41.5 Å². The van der Waals surface area contributed by atoms with Gasteiger partial charge in [-0.2, -0.15) is 18.4 Å². The molecule has 2 nitrogen and oxygen atoms in total. The Kier molecular flexibility index (Phi) is 5.62. The van der Waals surface area contributed by atoms with Crippen molar-refractivity contribution < 1.29 is 13.2 Å². The monoisotopic (exact) mass is 308 g/mol. The van der Waals surface area contributed by atoms with Crippen molar-refractivity contribution in [3.63, 3.8) is 0 Å². The SMILES string of the molecule is N#CCCCCN1CC=C(c2cccc(C(F)(F)F)c2)CC1. The van der Waals surface area contributed by atoms with Crippen LogP contribution in [-0.2, 0) is 6.18 Å². The number of hydrogen-bond acceptors (Lipinski definition) is 2. The third kappa shape index (κ3) is 4.60. The van der Waals surface area contributed by atoms with E-state index in [2.05, 4.69) is 11.0 Å². The molecule has 0 bridgehead atoms. The Balaban J connectivity index is 1.95. The van der Waals surface area contributed by atoms with Gasteiger partial charge in [0.2, 0.25) is 0 Å². The van der Waals surface area contributed by atoms with Crippen molar-refractivity contribution in [2.75, 3.05) is 19.6 Å². The maximum Gasteiger partial charge on any atom is 0.416 e. The fraction of sp³-hybridized carbons (Fsp3) is 0.471. The van der Waals surface area contributed by atoms with Gasteiger partial charge in [-0.25, -0.2) is 0 Å². The van der Waals surface area contributed by atoms with Gasteiger partial charge in [0.25, 0.3) is 0 Å². The molecule has 2 rings (SSSR count). The van der Waals surface area contributed by atoms with Gasteiger partial charge in [-0.1, -0.05) is 18.2 Å². The van der Waals surface area contributed by atoms with E-state index in [-0.39, 0.29) is 0 Å². The number of hydrogen-bond donors (Lipinski definition) is 0. The first kappa shape index (κ1) is 16.6. The second kappa shape index (κ2) is 7.46. The highest BCUT2D eigenvalue weighted by molar-refractivity contribution is 5.67. The lowest BCUT2D eigenvalue weighted by molar-refractivity contribution is -0.137. The second-order valence-electron chi connectivity index (χ2n) is 5.47. The zero-order chi connectivity index (χ0) is 16.0. The maximum atomic E-state index is 12.7. The van der Waals surface area contributed by atoms with E-state index in [4.69, 9.17) is 5.26 Å². The molecule has 0 fully saturated rings. The van der Waals surface area contributed by atoms with Crippen LogP contribution < -0.4 is 0 Å². The predicted molar refractivity (Wildman–Crippen MR) is 79.9 cm³/mol. The minimum atomic E-state index is -4.29. The summed E-state index contributed by atoms with van der Waals surface area (Å²) in [4.78, 5) is 2.27. The molecule has 0 unspecified atom stereocenters. The Morgan fingerprint density at radius 2 is 2.05 bits per heavy atom. The van der Waals surface area contributed by atoms with Crippen LogP contribution in [0.15, 0.2) is 30.3 Å². The van der Waals surface area contributed by atoms with Crippen molar-refractivity contribution in [3.8, 4) is 6.07 Å². The summed E-state index contributed by atoms with van der Waals surface area (Å²) in [5, 5.41) is 8.49. The van der Waals surface area contributed by atoms with Crippen molar-refractivity contribution in [2.24, 2.45) is 0 Å². The quantitative estimate of drug-likeness (QED) is 0.749. The molecule has 0 N–H and O–H groups in total. The van der Waals surface area contributed by atoms with Gasteiger partial charge in [0.1, 0.15) is 0 Å². The number of benzene rings is 1. The predicted octanol–water partition coefficient (Wildman–Crippen LogP) is 4.49. The third-order valence-corrected chi connectivity index (χ3v) is 3.87. The molecule has 1 aromatic carbocycles. The molecule has 0 aliphatic carbocycles. The van der Waals surface area contributed by atoms with E-state index in [0.29, 0.717) is 12.0 Å². The summed E-state index contributed by atoms with van der Waals surface area (Å²) >= 11 is 0. The molecular formula is C17H19F3N2. The van der Waals surface area contributed by atoms with Gasteiger partial charge in [0, 0.05) is 19.5 Å². The zero-order valence-corrected chi connectivity index (χ0v) is 12.4. The van der Waals surface area contributed by atoms with Crippen molar-refractivity contribution in [2.45, 2.75) is 31.9 Å². The molecule has 0 spiro atoms. The molecule has 0 amide bonds. The summed E-state index contributed by atoms with van der Waals surface area (Å²) in [5.41, 5.74) is 1.06. The van der Waals surface area contributed by atoms with E-state index in [1.165, 1.54) is 12.1 Å². The molecule has 0 atom stereocenters. The van der Waals surface area contributed by atoms with E-state index >= 15 is 0 Å². The Labute approximate surface area is 128 Å². The minimum absolute atomic E-state index is 0.583. The molecule has 118 valence electrons. The van der Waals surface area contributed by atoms with Gasteiger partial charge >= 0.3 is 6.18 Å². The molecule has 1 aliphatic heterocycles. The smallest absolute Gasteiger partial charge is 0.299 e. The number of nitriles is 1.